The number of fused-ring (bicyclic) bond motifs is 1. The number of hydrogen-bond acceptors (Lipinski definition) is 2. The van der Waals surface area contributed by atoms with Crippen LogP contribution in [0, 0.1) is 0 Å². The van der Waals surface area contributed by atoms with Crippen molar-refractivity contribution in [2.24, 2.45) is 0 Å². The topological polar surface area (TPSA) is 21.3 Å². The van der Waals surface area contributed by atoms with E-state index in [1.807, 2.05) is 38.1 Å². The van der Waals surface area contributed by atoms with E-state index in [0.717, 1.165) is 17.7 Å². The van der Waals surface area contributed by atoms with Crippen molar-refractivity contribution in [3.8, 4) is 5.75 Å². The summed E-state index contributed by atoms with van der Waals surface area (Å²) in [5.41, 5.74) is 0.717. The van der Waals surface area contributed by atoms with Gasteiger partial charge in [-0.2, -0.15) is 13.2 Å². The molecule has 0 aromatic heterocycles. The van der Waals surface area contributed by atoms with Crippen LogP contribution in [0.5, 0.6) is 5.75 Å². The fourth-order valence-corrected chi connectivity index (χ4v) is 2.55. The van der Waals surface area contributed by atoms with Crippen LogP contribution in [0.2, 0.25) is 0 Å². The van der Waals surface area contributed by atoms with Crippen LogP contribution in [-0.4, -0.2) is 18.3 Å². The number of ether oxygens (including phenoxy) is 1. The predicted molar refractivity (Wildman–Crippen MR) is 71.8 cm³/mol. The Morgan fingerprint density at radius 2 is 2.00 bits per heavy atom. The molecule has 1 N–H and O–H groups in total. The van der Waals surface area contributed by atoms with E-state index in [4.69, 9.17) is 4.74 Å². The van der Waals surface area contributed by atoms with Gasteiger partial charge >= 0.3 is 6.18 Å². The second-order valence-electron chi connectivity index (χ2n) is 5.83. The van der Waals surface area contributed by atoms with Crippen LogP contribution in [0.15, 0.2) is 24.3 Å². The molecule has 1 atom stereocenters. The third kappa shape index (κ3) is 4.13. The van der Waals surface area contributed by atoms with Crippen LogP contribution < -0.4 is 10.1 Å². The van der Waals surface area contributed by atoms with Crippen LogP contribution in [0.3, 0.4) is 0 Å². The van der Waals surface area contributed by atoms with Gasteiger partial charge in [0.2, 0.25) is 0 Å². The van der Waals surface area contributed by atoms with Crippen molar-refractivity contribution >= 4 is 0 Å². The summed E-state index contributed by atoms with van der Waals surface area (Å²) in [7, 11) is 0. The van der Waals surface area contributed by atoms with Gasteiger partial charge in [-0.05, 0) is 32.9 Å². The molecular weight excluding hydrogens is 267 g/mol. The van der Waals surface area contributed by atoms with Crippen LogP contribution >= 0.6 is 0 Å². The Labute approximate surface area is 117 Å². The largest absolute Gasteiger partial charge is 0.487 e. The van der Waals surface area contributed by atoms with Gasteiger partial charge in [-0.3, -0.25) is 0 Å². The Balaban J connectivity index is 1.97. The average Bonchev–Trinajstić information content (AvgIpc) is 2.32. The van der Waals surface area contributed by atoms with E-state index in [1.165, 1.54) is 0 Å². The van der Waals surface area contributed by atoms with Gasteiger partial charge < -0.3 is 10.1 Å². The average molecular weight is 287 g/mol. The molecule has 0 radical (unpaired) electrons. The number of nitrogens with one attached hydrogen (secondary N) is 1. The van der Waals surface area contributed by atoms with E-state index in [2.05, 4.69) is 5.32 Å². The van der Waals surface area contributed by atoms with Gasteiger partial charge in [0.25, 0.3) is 0 Å². The highest BCUT2D eigenvalue weighted by Gasteiger charge is 2.33. The Kier molecular flexibility index (Phi) is 4.28. The molecular formula is C15H20F3NO. The molecule has 2 rings (SSSR count). The third-order valence-electron chi connectivity index (χ3n) is 3.40. The zero-order valence-corrected chi connectivity index (χ0v) is 11.8. The van der Waals surface area contributed by atoms with E-state index in [0.29, 0.717) is 6.54 Å². The molecule has 0 saturated heterocycles. The molecule has 1 aliphatic heterocycles. The molecule has 0 amide bonds. The van der Waals surface area contributed by atoms with Crippen molar-refractivity contribution in [3.63, 3.8) is 0 Å². The minimum atomic E-state index is -4.07. The highest BCUT2D eigenvalue weighted by Crippen LogP contribution is 2.39. The maximum Gasteiger partial charge on any atom is 0.389 e. The number of hydrogen-bond donors (Lipinski definition) is 1. The highest BCUT2D eigenvalue weighted by atomic mass is 19.4. The normalized spacial score (nSPS) is 21.1. The first-order valence-corrected chi connectivity index (χ1v) is 6.85. The standard InChI is InChI=1S/C15H20F3NO/c1-14(2)10-12(19-9-5-8-15(16,17)18)11-6-3-4-7-13(11)20-14/h3-4,6-7,12,19H,5,8-10H2,1-2H3. The van der Waals surface area contributed by atoms with Crippen LogP contribution in [0.1, 0.15) is 44.7 Å². The Hall–Kier alpha value is -1.23. The molecule has 20 heavy (non-hydrogen) atoms. The minimum Gasteiger partial charge on any atom is -0.487 e. The Bertz CT molecular complexity index is 457. The number of alkyl halides is 3. The van der Waals surface area contributed by atoms with Gasteiger partial charge in [0, 0.05) is 24.4 Å². The SMILES string of the molecule is CC1(C)CC(NCCCC(F)(F)F)c2ccccc2O1. The zero-order valence-electron chi connectivity index (χ0n) is 11.8. The van der Waals surface area contributed by atoms with Crippen molar-refractivity contribution in [3.05, 3.63) is 29.8 Å². The number of rotatable bonds is 4. The zero-order chi connectivity index (χ0) is 14.8. The van der Waals surface area contributed by atoms with Crippen molar-refractivity contribution in [2.75, 3.05) is 6.54 Å². The summed E-state index contributed by atoms with van der Waals surface area (Å²) >= 11 is 0. The molecule has 0 fully saturated rings. The smallest absolute Gasteiger partial charge is 0.389 e. The maximum absolute atomic E-state index is 12.1. The Morgan fingerprint density at radius 3 is 2.70 bits per heavy atom. The van der Waals surface area contributed by atoms with E-state index in [1.54, 1.807) is 0 Å². The van der Waals surface area contributed by atoms with Crippen molar-refractivity contribution in [1.82, 2.24) is 5.32 Å². The van der Waals surface area contributed by atoms with Crippen molar-refractivity contribution < 1.29 is 17.9 Å². The summed E-state index contributed by atoms with van der Waals surface area (Å²) in [6.45, 7) is 4.34. The molecule has 1 heterocycles. The predicted octanol–water partition coefficient (Wildman–Crippen LogP) is 4.22. The van der Waals surface area contributed by atoms with E-state index in [-0.39, 0.29) is 18.1 Å². The highest BCUT2D eigenvalue weighted by molar-refractivity contribution is 5.38. The third-order valence-corrected chi connectivity index (χ3v) is 3.40. The molecule has 0 bridgehead atoms. The van der Waals surface area contributed by atoms with Crippen LogP contribution in [0.4, 0.5) is 13.2 Å². The van der Waals surface area contributed by atoms with E-state index in [9.17, 15) is 13.2 Å². The second kappa shape index (κ2) is 5.64. The molecule has 5 heteroatoms. The second-order valence-corrected chi connectivity index (χ2v) is 5.83. The quantitative estimate of drug-likeness (QED) is 0.837. The molecule has 1 aliphatic rings. The summed E-state index contributed by atoms with van der Waals surface area (Å²) in [5.74, 6) is 0.817. The lowest BCUT2D eigenvalue weighted by molar-refractivity contribution is -0.135. The molecule has 0 spiro atoms. The molecule has 112 valence electrons. The van der Waals surface area contributed by atoms with Crippen molar-refractivity contribution in [1.29, 1.82) is 0 Å². The summed E-state index contributed by atoms with van der Waals surface area (Å²) in [4.78, 5) is 0. The first kappa shape index (κ1) is 15.2. The minimum absolute atomic E-state index is 0.0446. The summed E-state index contributed by atoms with van der Waals surface area (Å²) in [6.07, 6.45) is -3.97. The van der Waals surface area contributed by atoms with Crippen molar-refractivity contribution in [2.45, 2.75) is 50.9 Å². The summed E-state index contributed by atoms with van der Waals surface area (Å²) < 4.78 is 42.3. The first-order valence-electron chi connectivity index (χ1n) is 6.85. The lowest BCUT2D eigenvalue weighted by atomic mass is 9.89. The maximum atomic E-state index is 12.1. The van der Waals surface area contributed by atoms with Gasteiger partial charge in [0.1, 0.15) is 11.4 Å². The first-order chi connectivity index (χ1) is 9.27. The fourth-order valence-electron chi connectivity index (χ4n) is 2.55. The monoisotopic (exact) mass is 287 g/mol. The molecule has 2 nitrogen and oxygen atoms in total. The fraction of sp³-hybridized carbons (Fsp3) is 0.600. The number of benzene rings is 1. The van der Waals surface area contributed by atoms with Gasteiger partial charge in [-0.25, -0.2) is 0 Å². The van der Waals surface area contributed by atoms with Gasteiger partial charge in [0.05, 0.1) is 0 Å². The number of halogens is 3. The lowest BCUT2D eigenvalue weighted by Gasteiger charge is -2.38. The molecule has 1 unspecified atom stereocenters. The van der Waals surface area contributed by atoms with Gasteiger partial charge in [-0.1, -0.05) is 18.2 Å². The molecule has 0 aliphatic carbocycles. The summed E-state index contributed by atoms with van der Waals surface area (Å²) in [6, 6.07) is 7.74. The van der Waals surface area contributed by atoms with E-state index < -0.39 is 12.6 Å². The van der Waals surface area contributed by atoms with Gasteiger partial charge in [0.15, 0.2) is 0 Å². The van der Waals surface area contributed by atoms with Gasteiger partial charge in [-0.15, -0.1) is 0 Å². The van der Waals surface area contributed by atoms with E-state index >= 15 is 0 Å². The van der Waals surface area contributed by atoms with Crippen LogP contribution in [0.25, 0.3) is 0 Å². The number of para-hydroxylation sites is 1. The Morgan fingerprint density at radius 1 is 1.30 bits per heavy atom. The lowest BCUT2D eigenvalue weighted by Crippen LogP contribution is -2.39. The van der Waals surface area contributed by atoms with Crippen LogP contribution in [-0.2, 0) is 0 Å². The molecule has 0 saturated carbocycles. The molecule has 1 aromatic rings. The molecule has 1 aromatic carbocycles. The summed E-state index contributed by atoms with van der Waals surface area (Å²) in [5, 5.41) is 3.23.